The van der Waals surface area contributed by atoms with E-state index in [0.29, 0.717) is 36.9 Å². The molecule has 6 nitrogen and oxygen atoms in total. The van der Waals surface area contributed by atoms with Crippen molar-refractivity contribution in [1.82, 2.24) is 10.3 Å². The minimum absolute atomic E-state index is 0.0160. The molecule has 1 fully saturated rings. The van der Waals surface area contributed by atoms with Crippen LogP contribution in [0.1, 0.15) is 41.7 Å². The van der Waals surface area contributed by atoms with Crippen LogP contribution < -0.4 is 10.9 Å². The number of carbonyl (C=O) groups excluding carboxylic acids is 1. The summed E-state index contributed by atoms with van der Waals surface area (Å²) in [7, 11) is 0. The molecule has 3 N–H and O–H groups in total. The van der Waals surface area contributed by atoms with E-state index in [4.69, 9.17) is 5.11 Å². The summed E-state index contributed by atoms with van der Waals surface area (Å²) in [6.07, 6.45) is 2.47. The minimum atomic E-state index is -0.764. The molecule has 108 valence electrons. The lowest BCUT2D eigenvalue weighted by molar-refractivity contribution is -0.142. The number of nitrogens with one attached hydrogen (secondary N) is 2. The van der Waals surface area contributed by atoms with Gasteiger partial charge in [0.25, 0.3) is 5.91 Å². The van der Waals surface area contributed by atoms with Gasteiger partial charge in [0.1, 0.15) is 0 Å². The molecule has 1 aliphatic rings. The predicted octanol–water partition coefficient (Wildman–Crippen LogP) is 1.06. The lowest BCUT2D eigenvalue weighted by atomic mass is 9.86. The molecule has 0 saturated heterocycles. The van der Waals surface area contributed by atoms with E-state index in [1.165, 1.54) is 6.07 Å². The average molecular weight is 278 g/mol. The fraction of sp³-hybridized carbons (Fsp3) is 0.500. The zero-order valence-electron chi connectivity index (χ0n) is 11.3. The summed E-state index contributed by atoms with van der Waals surface area (Å²) in [5.41, 5.74) is 0.675. The fourth-order valence-electron chi connectivity index (χ4n) is 2.57. The second kappa shape index (κ2) is 5.90. The molecule has 0 radical (unpaired) electrons. The zero-order valence-corrected chi connectivity index (χ0v) is 11.3. The zero-order chi connectivity index (χ0) is 14.7. The van der Waals surface area contributed by atoms with Crippen molar-refractivity contribution in [3.05, 3.63) is 33.7 Å². The molecule has 0 atom stereocenters. The second-order valence-corrected chi connectivity index (χ2v) is 5.28. The standard InChI is InChI=1S/C14H18N2O4/c1-8-6-10(7-12(17)15-8)13(18)16-11-4-2-9(3-5-11)14(19)20/h6-7,9,11H,2-5H2,1H3,(H,15,17)(H,16,18)(H,19,20). The average Bonchev–Trinajstić information content (AvgIpc) is 2.38. The molecule has 1 aromatic rings. The minimum Gasteiger partial charge on any atom is -0.481 e. The van der Waals surface area contributed by atoms with E-state index in [9.17, 15) is 14.4 Å². The molecule has 0 bridgehead atoms. The third kappa shape index (κ3) is 3.46. The van der Waals surface area contributed by atoms with Gasteiger partial charge in [-0.3, -0.25) is 14.4 Å². The SMILES string of the molecule is Cc1cc(C(=O)NC2CCC(C(=O)O)CC2)cc(=O)[nH]1. The van der Waals surface area contributed by atoms with Crippen molar-refractivity contribution in [3.8, 4) is 0 Å². The number of aryl methyl sites for hydroxylation is 1. The van der Waals surface area contributed by atoms with Crippen LogP contribution >= 0.6 is 0 Å². The monoisotopic (exact) mass is 278 g/mol. The van der Waals surface area contributed by atoms with Crippen LogP contribution in [0.4, 0.5) is 0 Å². The highest BCUT2D eigenvalue weighted by Crippen LogP contribution is 2.24. The molecule has 1 heterocycles. The molecular formula is C14H18N2O4. The topological polar surface area (TPSA) is 99.3 Å². The summed E-state index contributed by atoms with van der Waals surface area (Å²) in [5.74, 6) is -1.34. The largest absolute Gasteiger partial charge is 0.481 e. The Labute approximate surface area is 116 Å². The molecule has 6 heteroatoms. The van der Waals surface area contributed by atoms with E-state index in [2.05, 4.69) is 10.3 Å². The third-order valence-electron chi connectivity index (χ3n) is 3.65. The summed E-state index contributed by atoms with van der Waals surface area (Å²) in [6.45, 7) is 1.72. The third-order valence-corrected chi connectivity index (χ3v) is 3.65. The number of pyridine rings is 1. The number of H-pyrrole nitrogens is 1. The summed E-state index contributed by atoms with van der Waals surface area (Å²) in [5, 5.41) is 11.8. The van der Waals surface area contributed by atoms with Crippen LogP contribution in [0.15, 0.2) is 16.9 Å². The van der Waals surface area contributed by atoms with Crippen molar-refractivity contribution >= 4 is 11.9 Å². The number of carboxylic acids is 1. The number of amides is 1. The maximum Gasteiger partial charge on any atom is 0.306 e. The number of aliphatic carboxylic acids is 1. The highest BCUT2D eigenvalue weighted by Gasteiger charge is 2.26. The Morgan fingerprint density at radius 2 is 1.90 bits per heavy atom. The van der Waals surface area contributed by atoms with E-state index in [1.807, 2.05) is 0 Å². The lowest BCUT2D eigenvalue weighted by Crippen LogP contribution is -2.39. The Morgan fingerprint density at radius 1 is 1.25 bits per heavy atom. The molecule has 2 rings (SSSR count). The Morgan fingerprint density at radius 3 is 2.45 bits per heavy atom. The Balaban J connectivity index is 1.95. The number of aromatic amines is 1. The van der Waals surface area contributed by atoms with E-state index in [1.54, 1.807) is 13.0 Å². The highest BCUT2D eigenvalue weighted by atomic mass is 16.4. The quantitative estimate of drug-likeness (QED) is 0.769. The van der Waals surface area contributed by atoms with Crippen molar-refractivity contribution in [1.29, 1.82) is 0 Å². The number of carbonyl (C=O) groups is 2. The number of aromatic nitrogens is 1. The first-order valence-corrected chi connectivity index (χ1v) is 6.70. The number of rotatable bonds is 3. The van der Waals surface area contributed by atoms with E-state index < -0.39 is 5.97 Å². The van der Waals surface area contributed by atoms with Crippen molar-refractivity contribution in [3.63, 3.8) is 0 Å². The van der Waals surface area contributed by atoms with Crippen molar-refractivity contribution < 1.29 is 14.7 Å². The lowest BCUT2D eigenvalue weighted by Gasteiger charge is -2.26. The molecule has 0 aromatic carbocycles. The van der Waals surface area contributed by atoms with Crippen molar-refractivity contribution in [2.45, 2.75) is 38.6 Å². The van der Waals surface area contributed by atoms with E-state index >= 15 is 0 Å². The summed E-state index contributed by atoms with van der Waals surface area (Å²) in [6, 6.07) is 2.88. The molecule has 1 aromatic heterocycles. The van der Waals surface area contributed by atoms with Gasteiger partial charge in [-0.2, -0.15) is 0 Å². The fourth-order valence-corrected chi connectivity index (χ4v) is 2.57. The molecule has 1 amide bonds. The predicted molar refractivity (Wildman–Crippen MR) is 72.6 cm³/mol. The van der Waals surface area contributed by atoms with Gasteiger partial charge in [-0.15, -0.1) is 0 Å². The smallest absolute Gasteiger partial charge is 0.306 e. The van der Waals surface area contributed by atoms with Gasteiger partial charge in [-0.05, 0) is 38.7 Å². The van der Waals surface area contributed by atoms with Gasteiger partial charge < -0.3 is 15.4 Å². The molecule has 20 heavy (non-hydrogen) atoms. The highest BCUT2D eigenvalue weighted by molar-refractivity contribution is 5.94. The first-order valence-electron chi connectivity index (χ1n) is 6.70. The summed E-state index contributed by atoms with van der Waals surface area (Å²) >= 11 is 0. The maximum absolute atomic E-state index is 12.1. The van der Waals surface area contributed by atoms with Crippen molar-refractivity contribution in [2.75, 3.05) is 0 Å². The van der Waals surface area contributed by atoms with Crippen LogP contribution in [0.2, 0.25) is 0 Å². The van der Waals surface area contributed by atoms with Gasteiger partial charge in [0.15, 0.2) is 0 Å². The van der Waals surface area contributed by atoms with E-state index in [-0.39, 0.29) is 23.4 Å². The molecular weight excluding hydrogens is 260 g/mol. The van der Waals surface area contributed by atoms with Gasteiger partial charge in [0.05, 0.1) is 5.92 Å². The molecule has 0 aliphatic heterocycles. The Bertz CT molecular complexity index is 571. The van der Waals surface area contributed by atoms with Crippen LogP contribution in [0.3, 0.4) is 0 Å². The van der Waals surface area contributed by atoms with Crippen LogP contribution in [0.5, 0.6) is 0 Å². The summed E-state index contributed by atoms with van der Waals surface area (Å²) < 4.78 is 0. The normalized spacial score (nSPS) is 22.2. The Kier molecular flexibility index (Phi) is 4.22. The first-order chi connectivity index (χ1) is 9.45. The van der Waals surface area contributed by atoms with Crippen LogP contribution in [0.25, 0.3) is 0 Å². The molecule has 0 unspecified atom stereocenters. The van der Waals surface area contributed by atoms with E-state index in [0.717, 1.165) is 0 Å². The van der Waals surface area contributed by atoms with Gasteiger partial charge in [0.2, 0.25) is 5.56 Å². The van der Waals surface area contributed by atoms with Crippen LogP contribution in [-0.2, 0) is 4.79 Å². The maximum atomic E-state index is 12.1. The van der Waals surface area contributed by atoms with Gasteiger partial charge in [-0.25, -0.2) is 0 Å². The Hall–Kier alpha value is -2.11. The van der Waals surface area contributed by atoms with Crippen molar-refractivity contribution in [2.24, 2.45) is 5.92 Å². The molecule has 1 saturated carbocycles. The molecule has 0 spiro atoms. The first kappa shape index (κ1) is 14.3. The van der Waals surface area contributed by atoms with Gasteiger partial charge in [-0.1, -0.05) is 0 Å². The second-order valence-electron chi connectivity index (χ2n) is 5.28. The van der Waals surface area contributed by atoms with Crippen LogP contribution in [0, 0.1) is 12.8 Å². The van der Waals surface area contributed by atoms with Gasteiger partial charge >= 0.3 is 5.97 Å². The number of hydrogen-bond acceptors (Lipinski definition) is 3. The summed E-state index contributed by atoms with van der Waals surface area (Å²) in [4.78, 5) is 36.8. The number of hydrogen-bond donors (Lipinski definition) is 3. The van der Waals surface area contributed by atoms with Gasteiger partial charge in [0, 0.05) is 23.4 Å². The number of carboxylic acid groups (broad SMARTS) is 1. The molecule has 1 aliphatic carbocycles. The van der Waals surface area contributed by atoms with Crippen LogP contribution in [-0.4, -0.2) is 28.0 Å².